The molecule has 0 radical (unpaired) electrons. The minimum absolute atomic E-state index is 0.0521. The topological polar surface area (TPSA) is 29.1 Å². The number of carbonyl (C=O) groups is 1. The van der Waals surface area contributed by atoms with Crippen molar-refractivity contribution in [2.45, 2.75) is 39.0 Å². The average molecular weight is 370 g/mol. The number of carbonyl (C=O) groups excluding carboxylic acids is 1. The minimum Gasteiger partial charge on any atom is -0.326 e. The lowest BCUT2D eigenvalue weighted by atomic mass is 9.85. The molecule has 1 aliphatic carbocycles. The van der Waals surface area contributed by atoms with Gasteiger partial charge in [0, 0.05) is 11.1 Å². The summed E-state index contributed by atoms with van der Waals surface area (Å²) in [5.41, 5.74) is 6.84. The summed E-state index contributed by atoms with van der Waals surface area (Å²) in [6, 6.07) is 25.4. The van der Waals surface area contributed by atoms with E-state index in [1.807, 2.05) is 12.1 Å². The van der Waals surface area contributed by atoms with Crippen molar-refractivity contribution in [2.24, 2.45) is 5.92 Å². The van der Waals surface area contributed by atoms with Crippen LogP contribution in [-0.2, 0) is 16.6 Å². The Hall–Kier alpha value is -2.87. The number of amides is 1. The van der Waals surface area contributed by atoms with Crippen LogP contribution in [0.3, 0.4) is 0 Å². The fraction of sp³-hybridized carbons (Fsp3) is 0.269. The van der Waals surface area contributed by atoms with Crippen molar-refractivity contribution < 1.29 is 4.79 Å². The second-order valence-corrected chi connectivity index (χ2v) is 8.00. The van der Waals surface area contributed by atoms with Crippen LogP contribution in [0.1, 0.15) is 41.2 Å². The van der Waals surface area contributed by atoms with Crippen molar-refractivity contribution in [1.29, 1.82) is 0 Å². The van der Waals surface area contributed by atoms with E-state index in [4.69, 9.17) is 0 Å². The maximum atomic E-state index is 13.1. The van der Waals surface area contributed by atoms with Crippen LogP contribution in [0.5, 0.6) is 0 Å². The molecule has 1 fully saturated rings. The van der Waals surface area contributed by atoms with Crippen molar-refractivity contribution in [3.63, 3.8) is 0 Å². The lowest BCUT2D eigenvalue weighted by Crippen LogP contribution is -2.22. The number of anilines is 1. The van der Waals surface area contributed by atoms with E-state index >= 15 is 0 Å². The van der Waals surface area contributed by atoms with Crippen molar-refractivity contribution in [3.05, 3.63) is 101 Å². The number of nitrogens with one attached hydrogen (secondary N) is 1. The van der Waals surface area contributed by atoms with Crippen LogP contribution in [0, 0.1) is 19.8 Å². The molecule has 4 rings (SSSR count). The lowest BCUT2D eigenvalue weighted by molar-refractivity contribution is -0.117. The van der Waals surface area contributed by atoms with Gasteiger partial charge in [-0.2, -0.15) is 0 Å². The van der Waals surface area contributed by atoms with Crippen LogP contribution in [0.2, 0.25) is 0 Å². The summed E-state index contributed by atoms with van der Waals surface area (Å²) in [5, 5.41) is 3.13. The van der Waals surface area contributed by atoms with Gasteiger partial charge in [0.2, 0.25) is 5.91 Å². The molecule has 0 aliphatic heterocycles. The average Bonchev–Trinajstić information content (AvgIpc) is 3.47. The Labute approximate surface area is 167 Å². The quantitative estimate of drug-likeness (QED) is 0.604. The van der Waals surface area contributed by atoms with Crippen molar-refractivity contribution >= 4 is 11.6 Å². The molecule has 1 saturated carbocycles. The van der Waals surface area contributed by atoms with Crippen LogP contribution >= 0.6 is 0 Å². The van der Waals surface area contributed by atoms with Crippen LogP contribution in [0.4, 0.5) is 5.69 Å². The first-order chi connectivity index (χ1) is 13.5. The van der Waals surface area contributed by atoms with E-state index in [1.165, 1.54) is 27.8 Å². The molecule has 1 amide bonds. The summed E-state index contributed by atoms with van der Waals surface area (Å²) in [6.07, 6.45) is 1.85. The van der Waals surface area contributed by atoms with Crippen molar-refractivity contribution in [3.8, 4) is 0 Å². The Morgan fingerprint density at radius 3 is 1.82 bits per heavy atom. The first-order valence-electron chi connectivity index (χ1n) is 10.1. The molecule has 0 bridgehead atoms. The molecule has 1 unspecified atom stereocenters. The van der Waals surface area contributed by atoms with Gasteiger partial charge in [0.15, 0.2) is 0 Å². The summed E-state index contributed by atoms with van der Waals surface area (Å²) in [4.78, 5) is 13.1. The van der Waals surface area contributed by atoms with E-state index in [2.05, 4.69) is 86.8 Å². The van der Waals surface area contributed by atoms with Gasteiger partial charge in [-0.25, -0.2) is 0 Å². The smallest absolute Gasteiger partial charge is 0.228 e. The Kier molecular flexibility index (Phi) is 4.80. The maximum absolute atomic E-state index is 13.1. The van der Waals surface area contributed by atoms with Gasteiger partial charge in [-0.3, -0.25) is 4.79 Å². The second kappa shape index (κ2) is 7.27. The number of hydrogen-bond donors (Lipinski definition) is 1. The Morgan fingerprint density at radius 2 is 1.36 bits per heavy atom. The summed E-state index contributed by atoms with van der Waals surface area (Å²) < 4.78 is 0. The van der Waals surface area contributed by atoms with Gasteiger partial charge in [-0.15, -0.1) is 0 Å². The molecule has 0 spiro atoms. The van der Waals surface area contributed by atoms with Gasteiger partial charge < -0.3 is 5.32 Å². The molecule has 3 aromatic carbocycles. The number of hydrogen-bond acceptors (Lipinski definition) is 1. The van der Waals surface area contributed by atoms with Gasteiger partial charge in [-0.1, -0.05) is 78.7 Å². The molecule has 3 aromatic rings. The van der Waals surface area contributed by atoms with E-state index in [-0.39, 0.29) is 17.2 Å². The van der Waals surface area contributed by atoms with Gasteiger partial charge in [0.05, 0.1) is 5.92 Å². The monoisotopic (exact) mass is 369 g/mol. The lowest BCUT2D eigenvalue weighted by Gasteiger charge is -2.19. The summed E-state index contributed by atoms with van der Waals surface area (Å²) in [6.45, 7) is 6.33. The van der Waals surface area contributed by atoms with Gasteiger partial charge >= 0.3 is 0 Å². The zero-order valence-corrected chi connectivity index (χ0v) is 16.8. The number of rotatable bonds is 5. The first-order valence-corrected chi connectivity index (χ1v) is 10.1. The number of benzene rings is 3. The van der Waals surface area contributed by atoms with E-state index in [1.54, 1.807) is 0 Å². The molecule has 1 N–H and O–H groups in total. The molecule has 1 aliphatic rings. The van der Waals surface area contributed by atoms with E-state index in [0.29, 0.717) is 0 Å². The summed E-state index contributed by atoms with van der Waals surface area (Å²) in [5.74, 6) is 0.0502. The van der Waals surface area contributed by atoms with Crippen LogP contribution in [0.15, 0.2) is 72.8 Å². The highest BCUT2D eigenvalue weighted by molar-refractivity contribution is 5.97. The Balaban J connectivity index is 1.63. The zero-order valence-electron chi connectivity index (χ0n) is 16.8. The second-order valence-electron chi connectivity index (χ2n) is 8.00. The van der Waals surface area contributed by atoms with Gasteiger partial charge in [0.25, 0.3) is 0 Å². The highest BCUT2D eigenvalue weighted by Gasteiger charge is 2.60. The molecule has 0 saturated heterocycles. The van der Waals surface area contributed by atoms with Gasteiger partial charge in [0.1, 0.15) is 0 Å². The van der Waals surface area contributed by atoms with Crippen LogP contribution in [-0.4, -0.2) is 5.91 Å². The van der Waals surface area contributed by atoms with Crippen molar-refractivity contribution in [1.82, 2.24) is 0 Å². The predicted molar refractivity (Wildman–Crippen MR) is 116 cm³/mol. The minimum atomic E-state index is -0.227. The van der Waals surface area contributed by atoms with Gasteiger partial charge in [-0.05, 0) is 55.5 Å². The predicted octanol–water partition coefficient (Wildman–Crippen LogP) is 5.81. The largest absolute Gasteiger partial charge is 0.326 e. The molecule has 0 heterocycles. The third-order valence-electron chi connectivity index (χ3n) is 6.04. The molecule has 0 aromatic heterocycles. The molecule has 28 heavy (non-hydrogen) atoms. The molecule has 1 atom stereocenters. The highest BCUT2D eigenvalue weighted by atomic mass is 16.2. The molecule has 2 nitrogen and oxygen atoms in total. The molecular formula is C26H27NO. The molecule has 142 valence electrons. The highest BCUT2D eigenvalue weighted by Crippen LogP contribution is 2.59. The molecule has 2 heteroatoms. The summed E-state index contributed by atoms with van der Waals surface area (Å²) in [7, 11) is 0. The SMILES string of the molecule is CCc1ccc(NC(=O)C2CC2(c2ccc(C)cc2)c2ccc(C)cc2)cc1. The third kappa shape index (κ3) is 3.35. The normalized spacial score (nSPS) is 17.2. The maximum Gasteiger partial charge on any atom is 0.228 e. The standard InChI is InChI=1S/C26H27NO/c1-4-20-9-15-23(16-10-20)27-25(28)24-17-26(24,21-11-5-18(2)6-12-21)22-13-7-19(3)8-14-22/h5-16,24H,4,17H2,1-3H3,(H,27,28). The molecular weight excluding hydrogens is 342 g/mol. The summed E-state index contributed by atoms with van der Waals surface area (Å²) >= 11 is 0. The third-order valence-corrected chi connectivity index (χ3v) is 6.04. The zero-order chi connectivity index (χ0) is 19.7. The number of aryl methyl sites for hydroxylation is 3. The Bertz CT molecular complexity index is 923. The van der Waals surface area contributed by atoms with Crippen molar-refractivity contribution in [2.75, 3.05) is 5.32 Å². The Morgan fingerprint density at radius 1 is 0.857 bits per heavy atom. The fourth-order valence-corrected chi connectivity index (χ4v) is 4.14. The van der Waals surface area contributed by atoms with Crippen LogP contribution in [0.25, 0.3) is 0 Å². The van der Waals surface area contributed by atoms with E-state index in [9.17, 15) is 4.79 Å². The fourth-order valence-electron chi connectivity index (χ4n) is 4.14. The van der Waals surface area contributed by atoms with E-state index < -0.39 is 0 Å². The van der Waals surface area contributed by atoms with Crippen LogP contribution < -0.4 is 5.32 Å². The first kappa shape index (κ1) is 18.5. The van der Waals surface area contributed by atoms with E-state index in [0.717, 1.165) is 18.5 Å².